The molecule has 9 heteroatoms. The van der Waals surface area contributed by atoms with Crippen molar-refractivity contribution >= 4 is 33.0 Å². The van der Waals surface area contributed by atoms with E-state index in [1.165, 1.54) is 36.4 Å². The molecule has 1 amide bonds. The van der Waals surface area contributed by atoms with Crippen LogP contribution in [0.2, 0.25) is 5.02 Å². The van der Waals surface area contributed by atoms with Crippen molar-refractivity contribution in [1.29, 1.82) is 0 Å². The van der Waals surface area contributed by atoms with Crippen LogP contribution >= 0.6 is 11.6 Å². The number of hydrogen-bond acceptors (Lipinski definition) is 3. The summed E-state index contributed by atoms with van der Waals surface area (Å²) >= 11 is 5.70. The Labute approximate surface area is 147 Å². The second-order valence-electron chi connectivity index (χ2n) is 5.25. The summed E-state index contributed by atoms with van der Waals surface area (Å²) in [6, 6.07) is 10.4. The Morgan fingerprint density at radius 3 is 2.24 bits per heavy atom. The predicted molar refractivity (Wildman–Crippen MR) is 89.0 cm³/mol. The molecule has 0 radical (unpaired) electrons. The highest BCUT2D eigenvalue weighted by Gasteiger charge is 2.33. The lowest BCUT2D eigenvalue weighted by Gasteiger charge is -2.13. The van der Waals surface area contributed by atoms with E-state index in [9.17, 15) is 26.4 Å². The van der Waals surface area contributed by atoms with Crippen molar-refractivity contribution in [2.75, 3.05) is 11.1 Å². The third-order valence-electron chi connectivity index (χ3n) is 3.16. The molecule has 0 bridgehead atoms. The summed E-state index contributed by atoms with van der Waals surface area (Å²) in [7, 11) is -3.85. The first-order valence-corrected chi connectivity index (χ1v) is 9.18. The molecule has 2 rings (SSSR count). The van der Waals surface area contributed by atoms with Crippen molar-refractivity contribution in [2.24, 2.45) is 0 Å². The van der Waals surface area contributed by atoms with Gasteiger partial charge in [-0.25, -0.2) is 8.42 Å². The zero-order chi connectivity index (χ0) is 18.7. The maximum absolute atomic E-state index is 12.9. The van der Waals surface area contributed by atoms with Gasteiger partial charge in [-0.15, -0.1) is 0 Å². The fraction of sp³-hybridized carbons (Fsp3) is 0.188. The zero-order valence-corrected chi connectivity index (χ0v) is 14.3. The van der Waals surface area contributed by atoms with E-state index in [-0.39, 0.29) is 0 Å². The van der Waals surface area contributed by atoms with Crippen LogP contribution in [0.15, 0.2) is 48.5 Å². The van der Waals surface area contributed by atoms with E-state index >= 15 is 0 Å². The lowest BCUT2D eigenvalue weighted by Crippen LogP contribution is -2.25. The minimum atomic E-state index is -4.66. The first-order chi connectivity index (χ1) is 11.6. The number of carbonyl (C=O) groups is 1. The van der Waals surface area contributed by atoms with Crippen LogP contribution in [-0.4, -0.2) is 20.1 Å². The van der Waals surface area contributed by atoms with Gasteiger partial charge in [0, 0.05) is 5.02 Å². The molecule has 1 N–H and O–H groups in total. The zero-order valence-electron chi connectivity index (χ0n) is 12.7. The summed E-state index contributed by atoms with van der Waals surface area (Å²) < 4.78 is 62.7. The molecule has 0 atom stereocenters. The van der Waals surface area contributed by atoms with Crippen LogP contribution in [0.1, 0.15) is 11.1 Å². The molecule has 134 valence electrons. The van der Waals surface area contributed by atoms with Gasteiger partial charge in [0.25, 0.3) is 0 Å². The highest BCUT2D eigenvalue weighted by molar-refractivity contribution is 7.91. The lowest BCUT2D eigenvalue weighted by atomic mass is 10.1. The Kier molecular flexibility index (Phi) is 5.74. The Hall–Kier alpha value is -2.06. The Balaban J connectivity index is 2.08. The first kappa shape index (κ1) is 19.3. The first-order valence-electron chi connectivity index (χ1n) is 6.98. The summed E-state index contributed by atoms with van der Waals surface area (Å²) in [6.07, 6.45) is -4.66. The molecule has 25 heavy (non-hydrogen) atoms. The van der Waals surface area contributed by atoms with Gasteiger partial charge in [-0.05, 0) is 29.8 Å². The Morgan fingerprint density at radius 1 is 1.04 bits per heavy atom. The topological polar surface area (TPSA) is 63.2 Å². The van der Waals surface area contributed by atoms with E-state index < -0.39 is 44.7 Å². The fourth-order valence-corrected chi connectivity index (χ4v) is 3.51. The number of benzene rings is 2. The van der Waals surface area contributed by atoms with Crippen molar-refractivity contribution in [1.82, 2.24) is 0 Å². The third kappa shape index (κ3) is 5.75. The van der Waals surface area contributed by atoms with Gasteiger partial charge in [0.1, 0.15) is 5.75 Å². The smallest absolute Gasteiger partial charge is 0.325 e. The summed E-state index contributed by atoms with van der Waals surface area (Å²) in [5.41, 5.74) is -1.10. The lowest BCUT2D eigenvalue weighted by molar-refractivity contribution is -0.137. The largest absolute Gasteiger partial charge is 0.418 e. The van der Waals surface area contributed by atoms with Gasteiger partial charge < -0.3 is 5.32 Å². The summed E-state index contributed by atoms with van der Waals surface area (Å²) in [5, 5.41) is 2.44. The second-order valence-corrected chi connectivity index (χ2v) is 7.75. The number of hydrogen-bond donors (Lipinski definition) is 1. The van der Waals surface area contributed by atoms with E-state index in [4.69, 9.17) is 11.6 Å². The van der Waals surface area contributed by atoms with Gasteiger partial charge in [-0.3, -0.25) is 4.79 Å². The molecule has 0 fully saturated rings. The molecule has 0 aliphatic carbocycles. The van der Waals surface area contributed by atoms with E-state index in [1.54, 1.807) is 0 Å². The number of para-hydroxylation sites is 1. The number of nitrogens with one attached hydrogen (secondary N) is 1. The molecule has 0 spiro atoms. The quantitative estimate of drug-likeness (QED) is 0.840. The molecule has 2 aromatic rings. The van der Waals surface area contributed by atoms with Gasteiger partial charge in [-0.1, -0.05) is 35.9 Å². The number of rotatable bonds is 5. The van der Waals surface area contributed by atoms with E-state index in [0.29, 0.717) is 10.6 Å². The summed E-state index contributed by atoms with van der Waals surface area (Å²) in [4.78, 5) is 11.9. The van der Waals surface area contributed by atoms with Gasteiger partial charge >= 0.3 is 6.18 Å². The molecular weight excluding hydrogens is 379 g/mol. The third-order valence-corrected chi connectivity index (χ3v) is 4.88. The fourth-order valence-electron chi connectivity index (χ4n) is 2.11. The summed E-state index contributed by atoms with van der Waals surface area (Å²) in [5.74, 6) is -2.38. The molecule has 0 aliphatic rings. The average Bonchev–Trinajstić information content (AvgIpc) is 2.48. The van der Waals surface area contributed by atoms with Crippen LogP contribution in [0.5, 0.6) is 0 Å². The van der Waals surface area contributed by atoms with E-state index in [2.05, 4.69) is 0 Å². The molecule has 0 saturated carbocycles. The van der Waals surface area contributed by atoms with Crippen molar-refractivity contribution in [2.45, 2.75) is 11.9 Å². The Bertz CT molecular complexity index is 865. The van der Waals surface area contributed by atoms with Crippen molar-refractivity contribution in [3.63, 3.8) is 0 Å². The van der Waals surface area contributed by atoms with Crippen LogP contribution < -0.4 is 5.32 Å². The van der Waals surface area contributed by atoms with Gasteiger partial charge in [0.2, 0.25) is 5.91 Å². The van der Waals surface area contributed by atoms with E-state index in [0.717, 1.165) is 12.1 Å². The molecule has 0 heterocycles. The maximum atomic E-state index is 12.9. The SMILES string of the molecule is O=C(CS(=O)(=O)Cc1ccc(Cl)cc1)Nc1ccccc1C(F)(F)F. The second kappa shape index (κ2) is 7.45. The van der Waals surface area contributed by atoms with Crippen LogP contribution in [-0.2, 0) is 26.6 Å². The molecular formula is C16H13ClF3NO3S. The van der Waals surface area contributed by atoms with Crippen molar-refractivity contribution in [3.05, 3.63) is 64.7 Å². The summed E-state index contributed by atoms with van der Waals surface area (Å²) in [6.45, 7) is 0. The number of anilines is 1. The highest BCUT2D eigenvalue weighted by atomic mass is 35.5. The van der Waals surface area contributed by atoms with Crippen LogP contribution in [0, 0.1) is 0 Å². The number of amides is 1. The van der Waals surface area contributed by atoms with Crippen LogP contribution in [0.25, 0.3) is 0 Å². The standard InChI is InChI=1S/C16H13ClF3NO3S/c17-12-7-5-11(6-8-12)9-25(23,24)10-15(22)21-14-4-2-1-3-13(14)16(18,19)20/h1-8H,9-10H2,(H,21,22). The van der Waals surface area contributed by atoms with Crippen molar-refractivity contribution in [3.8, 4) is 0 Å². The molecule has 0 aromatic heterocycles. The molecule has 0 saturated heterocycles. The molecule has 0 aliphatic heterocycles. The Morgan fingerprint density at radius 2 is 1.64 bits per heavy atom. The normalized spacial score (nSPS) is 12.0. The van der Waals surface area contributed by atoms with Gasteiger partial charge in [0.15, 0.2) is 9.84 Å². The van der Waals surface area contributed by atoms with Crippen molar-refractivity contribution < 1.29 is 26.4 Å². The average molecular weight is 392 g/mol. The monoisotopic (exact) mass is 391 g/mol. The maximum Gasteiger partial charge on any atom is 0.418 e. The number of halogens is 4. The number of carbonyl (C=O) groups excluding carboxylic acids is 1. The number of alkyl halides is 3. The molecule has 0 unspecified atom stereocenters. The van der Waals surface area contributed by atoms with Crippen LogP contribution in [0.3, 0.4) is 0 Å². The molecule has 4 nitrogen and oxygen atoms in total. The van der Waals surface area contributed by atoms with Gasteiger partial charge in [-0.2, -0.15) is 13.2 Å². The van der Waals surface area contributed by atoms with Crippen LogP contribution in [0.4, 0.5) is 18.9 Å². The van der Waals surface area contributed by atoms with E-state index in [1.807, 2.05) is 5.32 Å². The minimum absolute atomic E-state index is 0.418. The molecule has 2 aromatic carbocycles. The highest BCUT2D eigenvalue weighted by Crippen LogP contribution is 2.34. The number of sulfone groups is 1. The minimum Gasteiger partial charge on any atom is -0.325 e. The van der Waals surface area contributed by atoms with Gasteiger partial charge in [0.05, 0.1) is 17.0 Å². The predicted octanol–water partition coefficient (Wildman–Crippen LogP) is 3.91.